The highest BCUT2D eigenvalue weighted by atomic mass is 16.5. The van der Waals surface area contributed by atoms with Gasteiger partial charge in [0.25, 0.3) is 0 Å². The summed E-state index contributed by atoms with van der Waals surface area (Å²) in [5.74, 6) is -1.47. The summed E-state index contributed by atoms with van der Waals surface area (Å²) in [7, 11) is 1.14. The number of benzene rings is 2. The van der Waals surface area contributed by atoms with Gasteiger partial charge in [0.1, 0.15) is 18.4 Å². The van der Waals surface area contributed by atoms with E-state index in [1.165, 1.54) is 19.1 Å². The fraction of sp³-hybridized carbons (Fsp3) is 0.318. The van der Waals surface area contributed by atoms with E-state index in [1.54, 1.807) is 36.4 Å². The molecule has 0 unspecified atom stereocenters. The number of methoxy groups -OCH3 is 1. The monoisotopic (exact) mass is 430 g/mol. The maximum Gasteiger partial charge on any atom is 0.408 e. The van der Waals surface area contributed by atoms with Crippen LogP contribution in [0.3, 0.4) is 0 Å². The quantitative estimate of drug-likeness (QED) is 0.440. The van der Waals surface area contributed by atoms with Crippen molar-refractivity contribution in [3.8, 4) is 5.75 Å². The number of nitrogens with one attached hydrogen (secondary N) is 2. The zero-order valence-electron chi connectivity index (χ0n) is 17.3. The van der Waals surface area contributed by atoms with Crippen LogP contribution in [0.4, 0.5) is 4.79 Å². The molecular formula is C22H26N2O7. The summed E-state index contributed by atoms with van der Waals surface area (Å²) >= 11 is 0. The third-order valence-electron chi connectivity index (χ3n) is 4.43. The number of hydrogen-bond donors (Lipinski definition) is 4. The first-order valence-corrected chi connectivity index (χ1v) is 9.61. The largest absolute Gasteiger partial charge is 0.508 e. The van der Waals surface area contributed by atoms with E-state index in [-0.39, 0.29) is 18.8 Å². The molecule has 0 spiro atoms. The van der Waals surface area contributed by atoms with Crippen LogP contribution in [0.2, 0.25) is 0 Å². The number of aliphatic hydroxyl groups excluding tert-OH is 1. The van der Waals surface area contributed by atoms with Crippen LogP contribution in [0.5, 0.6) is 5.75 Å². The summed E-state index contributed by atoms with van der Waals surface area (Å²) in [4.78, 5) is 37.0. The average molecular weight is 430 g/mol. The Bertz CT molecular complexity index is 869. The molecule has 4 N–H and O–H groups in total. The van der Waals surface area contributed by atoms with Gasteiger partial charge in [-0.15, -0.1) is 0 Å². The lowest BCUT2D eigenvalue weighted by Crippen LogP contribution is -2.55. The average Bonchev–Trinajstić information content (AvgIpc) is 2.76. The molecule has 166 valence electrons. The van der Waals surface area contributed by atoms with Crippen molar-refractivity contribution in [3.63, 3.8) is 0 Å². The van der Waals surface area contributed by atoms with Crippen molar-refractivity contribution in [2.24, 2.45) is 0 Å². The minimum absolute atomic E-state index is 0.0126. The maximum atomic E-state index is 12.8. The lowest BCUT2D eigenvalue weighted by molar-refractivity contribution is -0.148. The van der Waals surface area contributed by atoms with Crippen LogP contribution in [0, 0.1) is 0 Å². The number of carbonyl (C=O) groups is 3. The number of phenolic OH excluding ortho intramolecular Hbond substituents is 1. The Morgan fingerprint density at radius 1 is 0.968 bits per heavy atom. The molecule has 0 saturated heterocycles. The van der Waals surface area contributed by atoms with Crippen LogP contribution >= 0.6 is 0 Å². The Balaban J connectivity index is 2.10. The van der Waals surface area contributed by atoms with Gasteiger partial charge in [-0.1, -0.05) is 42.5 Å². The summed E-state index contributed by atoms with van der Waals surface area (Å²) < 4.78 is 9.78. The molecule has 0 aliphatic rings. The van der Waals surface area contributed by atoms with Crippen molar-refractivity contribution in [1.29, 1.82) is 0 Å². The van der Waals surface area contributed by atoms with Crippen LogP contribution in [0.25, 0.3) is 0 Å². The molecule has 0 bridgehead atoms. The standard InChI is InChI=1S/C22H26N2O7/c1-14(25)19(21(28)30-2)24-20(27)18(12-15-8-10-17(26)11-9-15)23-22(29)31-13-16-6-4-3-5-7-16/h3-11,14,18-19,25-26H,12-13H2,1-2H3,(H,23,29)(H,24,27)/t14-,18+,19-/m1/s1. The van der Waals surface area contributed by atoms with E-state index in [4.69, 9.17) is 4.74 Å². The number of rotatable bonds is 9. The van der Waals surface area contributed by atoms with E-state index in [1.807, 2.05) is 6.07 Å². The van der Waals surface area contributed by atoms with Crippen molar-refractivity contribution in [1.82, 2.24) is 10.6 Å². The molecule has 3 atom stereocenters. The summed E-state index contributed by atoms with van der Waals surface area (Å²) in [6.45, 7) is 1.34. The Kier molecular flexibility index (Phi) is 8.83. The van der Waals surface area contributed by atoms with Crippen molar-refractivity contribution in [3.05, 3.63) is 65.7 Å². The third kappa shape index (κ3) is 7.63. The molecule has 0 heterocycles. The van der Waals surface area contributed by atoms with Crippen LogP contribution in [-0.2, 0) is 32.1 Å². The Labute approximate surface area is 180 Å². The predicted octanol–water partition coefficient (Wildman–Crippen LogP) is 1.27. The lowest BCUT2D eigenvalue weighted by atomic mass is 10.0. The topological polar surface area (TPSA) is 134 Å². The Morgan fingerprint density at radius 3 is 2.19 bits per heavy atom. The van der Waals surface area contributed by atoms with Gasteiger partial charge in [0.2, 0.25) is 5.91 Å². The van der Waals surface area contributed by atoms with Crippen molar-refractivity contribution >= 4 is 18.0 Å². The summed E-state index contributed by atoms with van der Waals surface area (Å²) in [6.07, 6.45) is -1.98. The second-order valence-electron chi connectivity index (χ2n) is 6.88. The first-order valence-electron chi connectivity index (χ1n) is 9.61. The fourth-order valence-corrected chi connectivity index (χ4v) is 2.74. The highest BCUT2D eigenvalue weighted by molar-refractivity contribution is 5.90. The molecule has 0 aromatic heterocycles. The minimum Gasteiger partial charge on any atom is -0.508 e. The molecule has 0 aliphatic carbocycles. The van der Waals surface area contributed by atoms with Gasteiger partial charge in [0.05, 0.1) is 13.2 Å². The van der Waals surface area contributed by atoms with Crippen molar-refractivity contribution in [2.45, 2.75) is 38.1 Å². The molecule has 0 fully saturated rings. The highest BCUT2D eigenvalue weighted by Gasteiger charge is 2.30. The Hall–Kier alpha value is -3.59. The second kappa shape index (κ2) is 11.6. The molecule has 2 amide bonds. The normalized spacial score (nSPS) is 13.4. The molecule has 2 rings (SSSR count). The van der Waals surface area contributed by atoms with Gasteiger partial charge in [-0.25, -0.2) is 9.59 Å². The van der Waals surface area contributed by atoms with Crippen LogP contribution in [0.15, 0.2) is 54.6 Å². The number of ether oxygens (including phenoxy) is 2. The van der Waals surface area contributed by atoms with Gasteiger partial charge in [-0.3, -0.25) is 4.79 Å². The minimum atomic E-state index is -1.30. The van der Waals surface area contributed by atoms with Gasteiger partial charge < -0.3 is 30.3 Å². The lowest BCUT2D eigenvalue weighted by Gasteiger charge is -2.23. The van der Waals surface area contributed by atoms with Gasteiger partial charge in [-0.2, -0.15) is 0 Å². The molecule has 0 saturated carbocycles. The van der Waals surface area contributed by atoms with Crippen LogP contribution < -0.4 is 10.6 Å². The van der Waals surface area contributed by atoms with Crippen LogP contribution in [-0.4, -0.2) is 53.5 Å². The Morgan fingerprint density at radius 2 is 1.61 bits per heavy atom. The van der Waals surface area contributed by atoms with E-state index < -0.39 is 36.2 Å². The number of hydrogen-bond acceptors (Lipinski definition) is 7. The van der Waals surface area contributed by atoms with Gasteiger partial charge in [0, 0.05) is 6.42 Å². The van der Waals surface area contributed by atoms with Gasteiger partial charge in [-0.05, 0) is 30.2 Å². The van der Waals surface area contributed by atoms with Crippen molar-refractivity contribution < 1.29 is 34.1 Å². The van der Waals surface area contributed by atoms with E-state index in [0.717, 1.165) is 12.7 Å². The summed E-state index contributed by atoms with van der Waals surface area (Å²) in [5, 5.41) is 24.1. The molecule has 0 radical (unpaired) electrons. The second-order valence-corrected chi connectivity index (χ2v) is 6.88. The van der Waals surface area contributed by atoms with Gasteiger partial charge in [0.15, 0.2) is 6.04 Å². The van der Waals surface area contributed by atoms with E-state index in [0.29, 0.717) is 5.56 Å². The molecule has 2 aromatic carbocycles. The third-order valence-corrected chi connectivity index (χ3v) is 4.43. The zero-order valence-corrected chi connectivity index (χ0v) is 17.3. The van der Waals surface area contributed by atoms with Crippen molar-refractivity contribution in [2.75, 3.05) is 7.11 Å². The molecular weight excluding hydrogens is 404 g/mol. The zero-order chi connectivity index (χ0) is 22.8. The predicted molar refractivity (Wildman–Crippen MR) is 111 cm³/mol. The number of amides is 2. The number of aromatic hydroxyl groups is 1. The number of esters is 1. The molecule has 31 heavy (non-hydrogen) atoms. The number of phenols is 1. The fourth-order valence-electron chi connectivity index (χ4n) is 2.74. The molecule has 2 aromatic rings. The van der Waals surface area contributed by atoms with E-state index in [9.17, 15) is 24.6 Å². The maximum absolute atomic E-state index is 12.8. The first kappa shape index (κ1) is 23.7. The number of carbonyl (C=O) groups excluding carboxylic acids is 3. The smallest absolute Gasteiger partial charge is 0.408 e. The SMILES string of the molecule is COC(=O)[C@H](NC(=O)[C@H](Cc1ccc(O)cc1)NC(=O)OCc1ccccc1)[C@@H](C)O. The number of aliphatic hydroxyl groups is 1. The van der Waals surface area contributed by atoms with Gasteiger partial charge >= 0.3 is 12.1 Å². The highest BCUT2D eigenvalue weighted by Crippen LogP contribution is 2.12. The first-order chi connectivity index (χ1) is 14.8. The summed E-state index contributed by atoms with van der Waals surface area (Å²) in [6, 6.07) is 12.7. The van der Waals surface area contributed by atoms with E-state index >= 15 is 0 Å². The number of alkyl carbamates (subject to hydrolysis) is 1. The summed E-state index contributed by atoms with van der Waals surface area (Å²) in [5.41, 5.74) is 1.42. The molecule has 9 nitrogen and oxygen atoms in total. The molecule has 0 aliphatic heterocycles. The van der Waals surface area contributed by atoms with E-state index in [2.05, 4.69) is 15.4 Å². The van der Waals surface area contributed by atoms with Crippen LogP contribution in [0.1, 0.15) is 18.1 Å². The molecule has 9 heteroatoms.